The van der Waals surface area contributed by atoms with Crippen molar-refractivity contribution in [2.24, 2.45) is 0 Å². The predicted octanol–water partition coefficient (Wildman–Crippen LogP) is 4.98. The number of pyridine rings is 1. The summed E-state index contributed by atoms with van der Waals surface area (Å²) in [6.45, 7) is 3.01. The summed E-state index contributed by atoms with van der Waals surface area (Å²) in [4.78, 5) is 19.3. The Labute approximate surface area is 161 Å². The fourth-order valence-electron chi connectivity index (χ4n) is 4.12. The van der Waals surface area contributed by atoms with E-state index in [2.05, 4.69) is 29.4 Å². The molecule has 0 spiro atoms. The van der Waals surface area contributed by atoms with Crippen LogP contribution in [-0.4, -0.2) is 23.5 Å². The van der Waals surface area contributed by atoms with Crippen molar-refractivity contribution >= 4 is 17.3 Å². The number of carbonyl (C=O) groups is 1. The van der Waals surface area contributed by atoms with Crippen LogP contribution in [0.25, 0.3) is 0 Å². The molecule has 0 saturated carbocycles. The minimum Gasteiger partial charge on any atom is -0.383 e. The average Bonchev–Trinajstić information content (AvgIpc) is 3.04. The molecule has 1 aliphatic heterocycles. The molecule has 1 aromatic heterocycles. The first kappa shape index (κ1) is 17.8. The minimum atomic E-state index is -0.0219. The molecule has 1 atom stereocenters. The molecule has 0 fully saturated rings. The van der Waals surface area contributed by atoms with Crippen molar-refractivity contribution in [2.45, 2.75) is 51.5 Å². The van der Waals surface area contributed by atoms with Gasteiger partial charge in [-0.2, -0.15) is 0 Å². The number of aromatic nitrogens is 1. The number of amides is 1. The van der Waals surface area contributed by atoms with Crippen LogP contribution in [0.3, 0.4) is 0 Å². The number of para-hydroxylation sites is 1. The van der Waals surface area contributed by atoms with Crippen LogP contribution in [0.4, 0.5) is 11.4 Å². The van der Waals surface area contributed by atoms with Crippen LogP contribution in [0.2, 0.25) is 0 Å². The highest BCUT2D eigenvalue weighted by Crippen LogP contribution is 2.32. The Morgan fingerprint density at radius 2 is 2.11 bits per heavy atom. The zero-order chi connectivity index (χ0) is 18.6. The Hall–Kier alpha value is -2.62. The van der Waals surface area contributed by atoms with Gasteiger partial charge >= 0.3 is 0 Å². The van der Waals surface area contributed by atoms with Gasteiger partial charge in [0.2, 0.25) is 0 Å². The molecule has 4 nitrogen and oxygen atoms in total. The second-order valence-corrected chi connectivity index (χ2v) is 7.57. The van der Waals surface area contributed by atoms with Gasteiger partial charge < -0.3 is 10.2 Å². The summed E-state index contributed by atoms with van der Waals surface area (Å²) >= 11 is 0. The lowest BCUT2D eigenvalue weighted by Crippen LogP contribution is -2.36. The largest absolute Gasteiger partial charge is 0.383 e. The van der Waals surface area contributed by atoms with Crippen LogP contribution in [0.1, 0.15) is 55.1 Å². The lowest BCUT2D eigenvalue weighted by molar-refractivity contribution is 0.0976. The maximum atomic E-state index is 13.0. The molecule has 4 heteroatoms. The number of nitrogens with one attached hydrogen (secondary N) is 1. The van der Waals surface area contributed by atoms with E-state index < -0.39 is 0 Å². The number of carbonyl (C=O) groups excluding carboxylic acids is 1. The molecule has 0 bridgehead atoms. The van der Waals surface area contributed by atoms with E-state index in [1.165, 1.54) is 31.2 Å². The van der Waals surface area contributed by atoms with E-state index >= 15 is 0 Å². The number of allylic oxidation sites excluding steroid dienone is 1. The maximum Gasteiger partial charge on any atom is 0.277 e. The van der Waals surface area contributed by atoms with Crippen molar-refractivity contribution in [3.05, 3.63) is 65.5 Å². The second kappa shape index (κ2) is 7.95. The third-order valence-corrected chi connectivity index (χ3v) is 5.57. The summed E-state index contributed by atoms with van der Waals surface area (Å²) in [5, 5.41) is 3.42. The monoisotopic (exact) mass is 361 g/mol. The van der Waals surface area contributed by atoms with Gasteiger partial charge in [-0.25, -0.2) is 4.98 Å². The van der Waals surface area contributed by atoms with Crippen molar-refractivity contribution in [1.29, 1.82) is 0 Å². The predicted molar refractivity (Wildman–Crippen MR) is 110 cm³/mol. The van der Waals surface area contributed by atoms with Gasteiger partial charge in [0.15, 0.2) is 0 Å². The lowest BCUT2D eigenvalue weighted by atomic mass is 9.97. The Kier molecular flexibility index (Phi) is 5.23. The zero-order valence-corrected chi connectivity index (χ0v) is 15.9. The number of hydrogen-bond acceptors (Lipinski definition) is 3. The molecule has 0 saturated heterocycles. The Bertz CT molecular complexity index is 841. The van der Waals surface area contributed by atoms with Gasteiger partial charge in [-0.1, -0.05) is 29.8 Å². The lowest BCUT2D eigenvalue weighted by Gasteiger charge is -2.22. The standard InChI is InChI=1S/C23H27N3O/c1-17-15-19-9-5-6-10-22(19)26(17)23(27)21-12-11-20(16-25-21)24-14-13-18-7-3-2-4-8-18/h5-7,9-12,16-17,24H,2-4,8,13-15H2,1H3. The molecule has 4 rings (SSSR count). The molecule has 0 radical (unpaired) electrons. The molecule has 2 aromatic rings. The average molecular weight is 361 g/mol. The third kappa shape index (κ3) is 3.90. The molecular formula is C23H27N3O. The molecule has 27 heavy (non-hydrogen) atoms. The summed E-state index contributed by atoms with van der Waals surface area (Å²) in [5.74, 6) is -0.0219. The van der Waals surface area contributed by atoms with Crippen LogP contribution in [0.15, 0.2) is 54.2 Å². The van der Waals surface area contributed by atoms with Gasteiger partial charge in [0, 0.05) is 18.3 Å². The molecule has 1 aliphatic carbocycles. The van der Waals surface area contributed by atoms with Crippen LogP contribution < -0.4 is 10.2 Å². The first-order chi connectivity index (χ1) is 13.2. The van der Waals surface area contributed by atoms with Gasteiger partial charge in [-0.3, -0.25) is 4.79 Å². The van der Waals surface area contributed by atoms with Crippen LogP contribution in [0.5, 0.6) is 0 Å². The fraction of sp³-hybridized carbons (Fsp3) is 0.391. The van der Waals surface area contributed by atoms with Crippen LogP contribution in [-0.2, 0) is 6.42 Å². The van der Waals surface area contributed by atoms with E-state index in [9.17, 15) is 4.79 Å². The summed E-state index contributed by atoms with van der Waals surface area (Å²) < 4.78 is 0. The second-order valence-electron chi connectivity index (χ2n) is 7.57. The number of benzene rings is 1. The normalized spacial score (nSPS) is 18.8. The SMILES string of the molecule is CC1Cc2ccccc2N1C(=O)c1ccc(NCCC2=CCCCC2)cn1. The van der Waals surface area contributed by atoms with E-state index in [4.69, 9.17) is 0 Å². The number of nitrogens with zero attached hydrogens (tertiary/aromatic N) is 2. The molecule has 2 aliphatic rings. The highest BCUT2D eigenvalue weighted by Gasteiger charge is 2.31. The quantitative estimate of drug-likeness (QED) is 0.764. The topological polar surface area (TPSA) is 45.2 Å². The number of rotatable bonds is 5. The van der Waals surface area contributed by atoms with E-state index in [0.717, 1.165) is 30.8 Å². The Balaban J connectivity index is 1.38. The zero-order valence-electron chi connectivity index (χ0n) is 15.9. The van der Waals surface area contributed by atoms with Crippen molar-refractivity contribution in [3.8, 4) is 0 Å². The van der Waals surface area contributed by atoms with Crippen molar-refractivity contribution in [1.82, 2.24) is 4.98 Å². The minimum absolute atomic E-state index is 0.0219. The first-order valence-corrected chi connectivity index (χ1v) is 10.0. The van der Waals surface area contributed by atoms with Gasteiger partial charge in [-0.15, -0.1) is 0 Å². The molecule has 140 valence electrons. The summed E-state index contributed by atoms with van der Waals surface area (Å²) in [6, 6.07) is 12.1. The fourth-order valence-corrected chi connectivity index (χ4v) is 4.12. The molecule has 1 unspecified atom stereocenters. The smallest absolute Gasteiger partial charge is 0.277 e. The van der Waals surface area contributed by atoms with E-state index in [1.54, 1.807) is 11.8 Å². The Morgan fingerprint density at radius 3 is 2.89 bits per heavy atom. The highest BCUT2D eigenvalue weighted by molar-refractivity contribution is 6.06. The first-order valence-electron chi connectivity index (χ1n) is 10.0. The van der Waals surface area contributed by atoms with Crippen molar-refractivity contribution in [2.75, 3.05) is 16.8 Å². The molecular weight excluding hydrogens is 334 g/mol. The Morgan fingerprint density at radius 1 is 1.22 bits per heavy atom. The molecule has 1 aromatic carbocycles. The van der Waals surface area contributed by atoms with Gasteiger partial charge in [0.1, 0.15) is 5.69 Å². The summed E-state index contributed by atoms with van der Waals surface area (Å²) in [6.07, 6.45) is 11.3. The third-order valence-electron chi connectivity index (χ3n) is 5.57. The number of hydrogen-bond donors (Lipinski definition) is 1. The van der Waals surface area contributed by atoms with Crippen LogP contribution >= 0.6 is 0 Å². The summed E-state index contributed by atoms with van der Waals surface area (Å²) in [5.41, 5.74) is 5.28. The molecule has 2 heterocycles. The number of anilines is 2. The number of fused-ring (bicyclic) bond motifs is 1. The molecule has 1 N–H and O–H groups in total. The summed E-state index contributed by atoms with van der Waals surface area (Å²) in [7, 11) is 0. The van der Waals surface area contributed by atoms with Gasteiger partial charge in [0.05, 0.1) is 11.9 Å². The highest BCUT2D eigenvalue weighted by atomic mass is 16.2. The van der Waals surface area contributed by atoms with Gasteiger partial charge in [-0.05, 0) is 69.2 Å². The van der Waals surface area contributed by atoms with Gasteiger partial charge in [0.25, 0.3) is 5.91 Å². The maximum absolute atomic E-state index is 13.0. The van der Waals surface area contributed by atoms with E-state index in [1.807, 2.05) is 35.2 Å². The van der Waals surface area contributed by atoms with E-state index in [-0.39, 0.29) is 11.9 Å². The van der Waals surface area contributed by atoms with Crippen molar-refractivity contribution < 1.29 is 4.79 Å². The molecule has 1 amide bonds. The van der Waals surface area contributed by atoms with E-state index in [0.29, 0.717) is 5.69 Å². The van der Waals surface area contributed by atoms with Crippen molar-refractivity contribution in [3.63, 3.8) is 0 Å². The van der Waals surface area contributed by atoms with Crippen LogP contribution in [0, 0.1) is 0 Å².